The maximum atomic E-state index is 12.9. The quantitative estimate of drug-likeness (QED) is 0.883. The fourth-order valence-corrected chi connectivity index (χ4v) is 3.81. The number of anilines is 1. The molecular formula is C19H23F3N2O2. The Hall–Kier alpha value is -2.05. The fourth-order valence-electron chi connectivity index (χ4n) is 3.81. The second-order valence-electron chi connectivity index (χ2n) is 7.33. The summed E-state index contributed by atoms with van der Waals surface area (Å²) in [6, 6.07) is 4.80. The zero-order valence-electron chi connectivity index (χ0n) is 14.7. The molecule has 0 radical (unpaired) electrons. The number of amides is 2. The van der Waals surface area contributed by atoms with Gasteiger partial charge in [-0.05, 0) is 37.0 Å². The lowest BCUT2D eigenvalue weighted by molar-refractivity contribution is -0.137. The average Bonchev–Trinajstić information content (AvgIpc) is 2.98. The first-order valence-corrected chi connectivity index (χ1v) is 9.03. The van der Waals surface area contributed by atoms with Crippen LogP contribution in [0.4, 0.5) is 18.9 Å². The molecule has 2 amide bonds. The Balaban J connectivity index is 1.68. The molecular weight excluding hydrogens is 345 g/mol. The summed E-state index contributed by atoms with van der Waals surface area (Å²) in [6.45, 7) is 2.23. The van der Waals surface area contributed by atoms with Crippen LogP contribution in [0.25, 0.3) is 0 Å². The van der Waals surface area contributed by atoms with E-state index in [2.05, 4.69) is 12.2 Å². The highest BCUT2D eigenvalue weighted by Gasteiger charge is 2.38. The summed E-state index contributed by atoms with van der Waals surface area (Å²) in [4.78, 5) is 26.1. The van der Waals surface area contributed by atoms with E-state index in [-0.39, 0.29) is 36.5 Å². The first-order valence-electron chi connectivity index (χ1n) is 9.03. The van der Waals surface area contributed by atoms with Crippen molar-refractivity contribution >= 4 is 17.5 Å². The molecule has 1 aromatic carbocycles. The van der Waals surface area contributed by atoms with Gasteiger partial charge in [0.1, 0.15) is 0 Å². The van der Waals surface area contributed by atoms with E-state index in [1.54, 1.807) is 0 Å². The molecule has 7 heteroatoms. The second kappa shape index (κ2) is 7.29. The van der Waals surface area contributed by atoms with E-state index >= 15 is 0 Å². The van der Waals surface area contributed by atoms with Crippen LogP contribution in [-0.4, -0.2) is 24.4 Å². The highest BCUT2D eigenvalue weighted by Crippen LogP contribution is 2.33. The summed E-state index contributed by atoms with van der Waals surface area (Å²) >= 11 is 0. The number of hydrogen-bond acceptors (Lipinski definition) is 2. The van der Waals surface area contributed by atoms with Crippen LogP contribution in [0.3, 0.4) is 0 Å². The number of halogens is 3. The lowest BCUT2D eigenvalue weighted by Crippen LogP contribution is -2.44. The van der Waals surface area contributed by atoms with Crippen LogP contribution in [0.2, 0.25) is 0 Å². The molecule has 0 spiro atoms. The molecule has 1 heterocycles. The van der Waals surface area contributed by atoms with Crippen molar-refractivity contribution in [2.45, 2.75) is 51.2 Å². The number of nitrogens with zero attached hydrogens (tertiary/aromatic N) is 1. The second-order valence-corrected chi connectivity index (χ2v) is 7.33. The predicted molar refractivity (Wildman–Crippen MR) is 91.5 cm³/mol. The molecule has 26 heavy (non-hydrogen) atoms. The van der Waals surface area contributed by atoms with Gasteiger partial charge in [-0.15, -0.1) is 0 Å². The van der Waals surface area contributed by atoms with E-state index in [9.17, 15) is 22.8 Å². The Labute approximate surface area is 150 Å². The number of carbonyl (C=O) groups excluding carboxylic acids is 2. The van der Waals surface area contributed by atoms with E-state index in [1.165, 1.54) is 23.5 Å². The van der Waals surface area contributed by atoms with Gasteiger partial charge in [-0.3, -0.25) is 9.59 Å². The molecule has 0 unspecified atom stereocenters. The van der Waals surface area contributed by atoms with Crippen LogP contribution in [0.15, 0.2) is 24.3 Å². The van der Waals surface area contributed by atoms with Crippen LogP contribution in [0.5, 0.6) is 0 Å². The van der Waals surface area contributed by atoms with Gasteiger partial charge in [0.2, 0.25) is 11.8 Å². The van der Waals surface area contributed by atoms with Crippen molar-refractivity contribution in [1.29, 1.82) is 0 Å². The minimum Gasteiger partial charge on any atom is -0.353 e. The molecule has 2 aliphatic rings. The SMILES string of the molecule is C[C@@H]1CCCC[C@@H]1NC(=O)[C@@H]1CC(=O)N(c2cccc(C(F)(F)F)c2)C1. The van der Waals surface area contributed by atoms with E-state index < -0.39 is 17.7 Å². The molecule has 0 aromatic heterocycles. The first kappa shape index (κ1) is 18.7. The van der Waals surface area contributed by atoms with Gasteiger partial charge in [-0.1, -0.05) is 25.8 Å². The maximum absolute atomic E-state index is 12.9. The Morgan fingerprint density at radius 1 is 1.23 bits per heavy atom. The molecule has 3 atom stereocenters. The van der Waals surface area contributed by atoms with Gasteiger partial charge in [0, 0.05) is 24.7 Å². The summed E-state index contributed by atoms with van der Waals surface area (Å²) in [5.41, 5.74) is -0.613. The van der Waals surface area contributed by atoms with Gasteiger partial charge in [-0.25, -0.2) is 0 Å². The van der Waals surface area contributed by atoms with Crippen LogP contribution in [-0.2, 0) is 15.8 Å². The Morgan fingerprint density at radius 2 is 1.96 bits per heavy atom. The van der Waals surface area contributed by atoms with Crippen molar-refractivity contribution in [1.82, 2.24) is 5.32 Å². The summed E-state index contributed by atoms with van der Waals surface area (Å²) < 4.78 is 38.7. The number of rotatable bonds is 3. The standard InChI is InChI=1S/C19H23F3N2O2/c1-12-5-2-3-8-16(12)23-18(26)13-9-17(25)24(11-13)15-7-4-6-14(10-15)19(20,21)22/h4,6-7,10,12-13,16H,2-3,5,8-9,11H2,1H3,(H,23,26)/t12-,13-,16+/m1/s1. The van der Waals surface area contributed by atoms with Crippen LogP contribution >= 0.6 is 0 Å². The van der Waals surface area contributed by atoms with Crippen molar-refractivity contribution in [3.8, 4) is 0 Å². The van der Waals surface area contributed by atoms with Crippen molar-refractivity contribution in [2.24, 2.45) is 11.8 Å². The molecule has 1 aromatic rings. The number of hydrogen-bond donors (Lipinski definition) is 1. The molecule has 1 saturated carbocycles. The molecule has 1 aliphatic heterocycles. The van der Waals surface area contributed by atoms with Gasteiger partial charge < -0.3 is 10.2 Å². The summed E-state index contributed by atoms with van der Waals surface area (Å²) in [7, 11) is 0. The number of nitrogens with one attached hydrogen (secondary N) is 1. The van der Waals surface area contributed by atoms with Crippen LogP contribution < -0.4 is 10.2 Å². The van der Waals surface area contributed by atoms with Gasteiger partial charge >= 0.3 is 6.18 Å². The van der Waals surface area contributed by atoms with Crippen LogP contribution in [0, 0.1) is 11.8 Å². The van der Waals surface area contributed by atoms with Crippen molar-refractivity contribution in [3.63, 3.8) is 0 Å². The predicted octanol–water partition coefficient (Wildman–Crippen LogP) is 3.75. The Morgan fingerprint density at radius 3 is 2.65 bits per heavy atom. The summed E-state index contributed by atoms with van der Waals surface area (Å²) in [6.07, 6.45) is -0.181. The molecule has 2 fully saturated rings. The van der Waals surface area contributed by atoms with E-state index in [1.807, 2.05) is 0 Å². The van der Waals surface area contributed by atoms with Gasteiger partial charge in [0.15, 0.2) is 0 Å². The molecule has 4 nitrogen and oxygen atoms in total. The van der Waals surface area contributed by atoms with Gasteiger partial charge in [0.05, 0.1) is 11.5 Å². The van der Waals surface area contributed by atoms with E-state index in [4.69, 9.17) is 0 Å². The van der Waals surface area contributed by atoms with Crippen molar-refractivity contribution < 1.29 is 22.8 Å². The van der Waals surface area contributed by atoms with Crippen molar-refractivity contribution in [2.75, 3.05) is 11.4 Å². The molecule has 1 aliphatic carbocycles. The largest absolute Gasteiger partial charge is 0.416 e. The third kappa shape index (κ3) is 4.02. The third-order valence-corrected chi connectivity index (χ3v) is 5.42. The lowest BCUT2D eigenvalue weighted by atomic mass is 9.85. The normalized spacial score (nSPS) is 26.8. The fraction of sp³-hybridized carbons (Fsp3) is 0.579. The lowest BCUT2D eigenvalue weighted by Gasteiger charge is -2.30. The van der Waals surface area contributed by atoms with Crippen molar-refractivity contribution in [3.05, 3.63) is 29.8 Å². The highest BCUT2D eigenvalue weighted by atomic mass is 19.4. The smallest absolute Gasteiger partial charge is 0.353 e. The first-order chi connectivity index (χ1) is 12.3. The van der Waals surface area contributed by atoms with E-state index in [0.29, 0.717) is 5.92 Å². The zero-order chi connectivity index (χ0) is 18.9. The monoisotopic (exact) mass is 368 g/mol. The number of benzene rings is 1. The van der Waals surface area contributed by atoms with Crippen LogP contribution in [0.1, 0.15) is 44.6 Å². The Kier molecular flexibility index (Phi) is 5.25. The minimum absolute atomic E-state index is 0.0309. The molecule has 1 N–H and O–H groups in total. The molecule has 142 valence electrons. The molecule has 0 bridgehead atoms. The molecule has 1 saturated heterocycles. The summed E-state index contributed by atoms with van der Waals surface area (Å²) in [5.74, 6) is -0.608. The topological polar surface area (TPSA) is 49.4 Å². The average molecular weight is 368 g/mol. The van der Waals surface area contributed by atoms with Gasteiger partial charge in [0.25, 0.3) is 0 Å². The molecule has 3 rings (SSSR count). The van der Waals surface area contributed by atoms with Gasteiger partial charge in [-0.2, -0.15) is 13.2 Å². The summed E-state index contributed by atoms with van der Waals surface area (Å²) in [5, 5.41) is 3.04. The highest BCUT2D eigenvalue weighted by molar-refractivity contribution is 6.00. The third-order valence-electron chi connectivity index (χ3n) is 5.42. The Bertz CT molecular complexity index is 690. The zero-order valence-corrected chi connectivity index (χ0v) is 14.7. The maximum Gasteiger partial charge on any atom is 0.416 e. The number of alkyl halides is 3. The number of carbonyl (C=O) groups is 2. The van der Waals surface area contributed by atoms with E-state index in [0.717, 1.165) is 31.4 Å². The minimum atomic E-state index is -4.47.